The predicted octanol–water partition coefficient (Wildman–Crippen LogP) is 3.53. The standard InChI is InChI=1S/C25H33N3O2/c1-18(2)23(27-24(29)22-12-8-7-9-19(22)3)25(30)26-21-13-15-28(16-14-21)17-20-10-5-4-6-11-20/h4-12,18,21,23H,13-17H2,1-3H3,(H,26,30)(H,27,29). The molecule has 0 aromatic heterocycles. The number of hydrogen-bond donors (Lipinski definition) is 2. The number of carbonyl (C=O) groups excluding carboxylic acids is 2. The summed E-state index contributed by atoms with van der Waals surface area (Å²) in [7, 11) is 0. The van der Waals surface area contributed by atoms with Crippen LogP contribution in [0.3, 0.4) is 0 Å². The van der Waals surface area contributed by atoms with Crippen molar-refractivity contribution in [2.24, 2.45) is 5.92 Å². The van der Waals surface area contributed by atoms with Gasteiger partial charge in [0.15, 0.2) is 0 Å². The van der Waals surface area contributed by atoms with Crippen LogP contribution < -0.4 is 10.6 Å². The molecule has 1 unspecified atom stereocenters. The minimum absolute atomic E-state index is 0.0103. The number of carbonyl (C=O) groups is 2. The van der Waals surface area contributed by atoms with E-state index in [0.717, 1.165) is 38.0 Å². The molecule has 2 amide bonds. The van der Waals surface area contributed by atoms with Crippen LogP contribution in [0.5, 0.6) is 0 Å². The highest BCUT2D eigenvalue weighted by molar-refractivity contribution is 5.98. The summed E-state index contributed by atoms with van der Waals surface area (Å²) in [5.41, 5.74) is 2.84. The molecule has 5 heteroatoms. The summed E-state index contributed by atoms with van der Waals surface area (Å²) >= 11 is 0. The molecule has 0 bridgehead atoms. The first-order valence-electron chi connectivity index (χ1n) is 10.9. The normalized spacial score (nSPS) is 16.3. The lowest BCUT2D eigenvalue weighted by atomic mass is 9.99. The van der Waals surface area contributed by atoms with E-state index in [1.165, 1.54) is 5.56 Å². The topological polar surface area (TPSA) is 61.4 Å². The Hall–Kier alpha value is -2.66. The van der Waals surface area contributed by atoms with E-state index in [-0.39, 0.29) is 23.8 Å². The average molecular weight is 408 g/mol. The van der Waals surface area contributed by atoms with Crippen molar-refractivity contribution in [1.29, 1.82) is 0 Å². The van der Waals surface area contributed by atoms with Crippen LogP contribution in [0.15, 0.2) is 54.6 Å². The van der Waals surface area contributed by atoms with Gasteiger partial charge in [0.2, 0.25) is 5.91 Å². The van der Waals surface area contributed by atoms with E-state index in [9.17, 15) is 9.59 Å². The van der Waals surface area contributed by atoms with Crippen molar-refractivity contribution in [3.63, 3.8) is 0 Å². The van der Waals surface area contributed by atoms with Crippen LogP contribution in [0.1, 0.15) is 48.2 Å². The zero-order valence-electron chi connectivity index (χ0n) is 18.2. The molecule has 2 aromatic rings. The Morgan fingerprint density at radius 1 is 1.00 bits per heavy atom. The van der Waals surface area contributed by atoms with Crippen LogP contribution in [0.2, 0.25) is 0 Å². The molecule has 1 atom stereocenters. The molecule has 30 heavy (non-hydrogen) atoms. The van der Waals surface area contributed by atoms with Gasteiger partial charge >= 0.3 is 0 Å². The summed E-state index contributed by atoms with van der Waals surface area (Å²) in [6.07, 6.45) is 1.85. The quantitative estimate of drug-likeness (QED) is 0.738. The molecule has 2 N–H and O–H groups in total. The number of likely N-dealkylation sites (tertiary alicyclic amines) is 1. The van der Waals surface area contributed by atoms with Gasteiger partial charge in [0, 0.05) is 31.2 Å². The molecule has 2 aromatic carbocycles. The van der Waals surface area contributed by atoms with Crippen LogP contribution in [0, 0.1) is 12.8 Å². The van der Waals surface area contributed by atoms with Gasteiger partial charge in [-0.05, 0) is 42.9 Å². The maximum Gasteiger partial charge on any atom is 0.252 e. The van der Waals surface area contributed by atoms with Crippen molar-refractivity contribution in [1.82, 2.24) is 15.5 Å². The second kappa shape index (κ2) is 10.4. The second-order valence-corrected chi connectivity index (χ2v) is 8.55. The van der Waals surface area contributed by atoms with E-state index in [1.54, 1.807) is 6.07 Å². The molecule has 1 fully saturated rings. The average Bonchev–Trinajstić information content (AvgIpc) is 2.74. The molecule has 5 nitrogen and oxygen atoms in total. The largest absolute Gasteiger partial charge is 0.351 e. The number of amides is 2. The number of aryl methyl sites for hydroxylation is 1. The number of rotatable bonds is 7. The number of hydrogen-bond acceptors (Lipinski definition) is 3. The summed E-state index contributed by atoms with van der Waals surface area (Å²) in [6, 6.07) is 17.5. The molecule has 1 aliphatic rings. The van der Waals surface area contributed by atoms with Gasteiger partial charge in [-0.15, -0.1) is 0 Å². The Labute approximate surface area is 179 Å². The Morgan fingerprint density at radius 2 is 1.63 bits per heavy atom. The molecular formula is C25H33N3O2. The highest BCUT2D eigenvalue weighted by Crippen LogP contribution is 2.15. The van der Waals surface area contributed by atoms with Gasteiger partial charge in [-0.1, -0.05) is 62.4 Å². The summed E-state index contributed by atoms with van der Waals surface area (Å²) in [6.45, 7) is 8.70. The molecule has 1 heterocycles. The van der Waals surface area contributed by atoms with E-state index >= 15 is 0 Å². The van der Waals surface area contributed by atoms with Gasteiger partial charge in [0.1, 0.15) is 6.04 Å². The van der Waals surface area contributed by atoms with E-state index in [4.69, 9.17) is 0 Å². The molecule has 1 saturated heterocycles. The lowest BCUT2D eigenvalue weighted by Gasteiger charge is -2.33. The Kier molecular flexibility index (Phi) is 7.63. The highest BCUT2D eigenvalue weighted by atomic mass is 16.2. The van der Waals surface area contributed by atoms with Crippen LogP contribution in [0.25, 0.3) is 0 Å². The summed E-state index contributed by atoms with van der Waals surface area (Å²) in [5.74, 6) is -0.274. The minimum atomic E-state index is -0.542. The van der Waals surface area contributed by atoms with Crippen molar-refractivity contribution < 1.29 is 9.59 Å². The Bertz CT molecular complexity index is 842. The van der Waals surface area contributed by atoms with Crippen molar-refractivity contribution in [2.75, 3.05) is 13.1 Å². The van der Waals surface area contributed by atoms with Crippen molar-refractivity contribution >= 4 is 11.8 Å². The maximum atomic E-state index is 12.9. The maximum absolute atomic E-state index is 12.9. The van der Waals surface area contributed by atoms with Crippen LogP contribution in [-0.4, -0.2) is 41.9 Å². The second-order valence-electron chi connectivity index (χ2n) is 8.55. The zero-order chi connectivity index (χ0) is 21.5. The SMILES string of the molecule is Cc1ccccc1C(=O)NC(C(=O)NC1CCN(Cc2ccccc2)CC1)C(C)C. The zero-order valence-corrected chi connectivity index (χ0v) is 18.2. The smallest absolute Gasteiger partial charge is 0.252 e. The fourth-order valence-corrected chi connectivity index (χ4v) is 3.95. The molecule has 3 rings (SSSR count). The van der Waals surface area contributed by atoms with Crippen molar-refractivity contribution in [3.05, 3.63) is 71.3 Å². The summed E-state index contributed by atoms with van der Waals surface area (Å²) in [4.78, 5) is 28.1. The summed E-state index contributed by atoms with van der Waals surface area (Å²) < 4.78 is 0. The van der Waals surface area contributed by atoms with Gasteiger partial charge < -0.3 is 10.6 Å². The van der Waals surface area contributed by atoms with E-state index in [0.29, 0.717) is 5.56 Å². The fraction of sp³-hybridized carbons (Fsp3) is 0.440. The lowest BCUT2D eigenvalue weighted by molar-refractivity contribution is -0.125. The van der Waals surface area contributed by atoms with Gasteiger partial charge in [-0.2, -0.15) is 0 Å². The first-order chi connectivity index (χ1) is 14.4. The number of nitrogens with one attached hydrogen (secondary N) is 2. The molecule has 0 aliphatic carbocycles. The van der Waals surface area contributed by atoms with E-state index in [1.807, 2.05) is 45.0 Å². The molecular weight excluding hydrogens is 374 g/mol. The molecule has 1 aliphatic heterocycles. The molecule has 0 saturated carbocycles. The Morgan fingerprint density at radius 3 is 2.27 bits per heavy atom. The third kappa shape index (κ3) is 5.92. The highest BCUT2D eigenvalue weighted by Gasteiger charge is 2.28. The van der Waals surface area contributed by atoms with Crippen molar-refractivity contribution in [3.8, 4) is 0 Å². The van der Waals surface area contributed by atoms with E-state index in [2.05, 4.69) is 39.8 Å². The lowest BCUT2D eigenvalue weighted by Crippen LogP contribution is -2.54. The van der Waals surface area contributed by atoms with Crippen LogP contribution in [0.4, 0.5) is 0 Å². The Balaban J connectivity index is 1.52. The number of nitrogens with zero attached hydrogens (tertiary/aromatic N) is 1. The molecule has 160 valence electrons. The van der Waals surface area contributed by atoms with Gasteiger partial charge in [-0.3, -0.25) is 14.5 Å². The van der Waals surface area contributed by atoms with Gasteiger partial charge in [0.25, 0.3) is 5.91 Å². The van der Waals surface area contributed by atoms with Gasteiger partial charge in [-0.25, -0.2) is 0 Å². The monoisotopic (exact) mass is 407 g/mol. The van der Waals surface area contributed by atoms with Crippen molar-refractivity contribution in [2.45, 2.75) is 52.2 Å². The minimum Gasteiger partial charge on any atom is -0.351 e. The summed E-state index contributed by atoms with van der Waals surface area (Å²) in [5, 5.41) is 6.12. The number of benzene rings is 2. The third-order valence-electron chi connectivity index (χ3n) is 5.81. The van der Waals surface area contributed by atoms with E-state index < -0.39 is 6.04 Å². The first kappa shape index (κ1) is 22.0. The third-order valence-corrected chi connectivity index (χ3v) is 5.81. The van der Waals surface area contributed by atoms with Gasteiger partial charge in [0.05, 0.1) is 0 Å². The first-order valence-corrected chi connectivity index (χ1v) is 10.9. The van der Waals surface area contributed by atoms with Crippen LogP contribution in [-0.2, 0) is 11.3 Å². The van der Waals surface area contributed by atoms with Crippen LogP contribution >= 0.6 is 0 Å². The molecule has 0 spiro atoms. The molecule has 0 radical (unpaired) electrons. The predicted molar refractivity (Wildman–Crippen MR) is 120 cm³/mol. The fourth-order valence-electron chi connectivity index (χ4n) is 3.95. The number of piperidine rings is 1.